The van der Waals surface area contributed by atoms with Crippen LogP contribution in [0.15, 0.2) is 42.7 Å². The standard InChI is InChI=1S/C18H21NO2/c20-18(13-5-6-13)15-7-9-19(12-15)11-14-8-10-21-17-4-2-1-3-16(14)17/h1-4,7,9,12-14,18,20H,5-6,8,10-11H2. The van der Waals surface area contributed by atoms with Crippen LogP contribution in [0.4, 0.5) is 0 Å². The van der Waals surface area contributed by atoms with Gasteiger partial charge in [0.25, 0.3) is 0 Å². The Hall–Kier alpha value is -1.74. The molecular weight excluding hydrogens is 262 g/mol. The summed E-state index contributed by atoms with van der Waals surface area (Å²) in [5.74, 6) is 2.01. The predicted octanol–water partition coefficient (Wildman–Crippen LogP) is 3.50. The monoisotopic (exact) mass is 283 g/mol. The molecule has 3 heteroatoms. The zero-order valence-corrected chi connectivity index (χ0v) is 12.1. The number of fused-ring (bicyclic) bond motifs is 1. The van der Waals surface area contributed by atoms with E-state index in [1.807, 2.05) is 6.07 Å². The second kappa shape index (κ2) is 5.23. The van der Waals surface area contributed by atoms with Crippen molar-refractivity contribution < 1.29 is 9.84 Å². The average Bonchev–Trinajstić information content (AvgIpc) is 3.27. The Morgan fingerprint density at radius 1 is 1.19 bits per heavy atom. The molecule has 1 aliphatic heterocycles. The van der Waals surface area contributed by atoms with Crippen molar-refractivity contribution >= 4 is 0 Å². The van der Waals surface area contributed by atoms with Gasteiger partial charge in [0.1, 0.15) is 5.75 Å². The van der Waals surface area contributed by atoms with Crippen molar-refractivity contribution in [2.24, 2.45) is 5.92 Å². The normalized spacial score (nSPS) is 22.4. The van der Waals surface area contributed by atoms with Gasteiger partial charge >= 0.3 is 0 Å². The van der Waals surface area contributed by atoms with Crippen molar-refractivity contribution in [3.8, 4) is 5.75 Å². The molecule has 1 saturated carbocycles. The van der Waals surface area contributed by atoms with Gasteiger partial charge in [-0.1, -0.05) is 18.2 Å². The number of benzene rings is 1. The second-order valence-electron chi connectivity index (χ2n) is 6.30. The van der Waals surface area contributed by atoms with Crippen molar-refractivity contribution in [3.63, 3.8) is 0 Å². The fourth-order valence-corrected chi connectivity index (χ4v) is 3.29. The third-order valence-electron chi connectivity index (χ3n) is 4.70. The number of para-hydroxylation sites is 1. The first kappa shape index (κ1) is 13.0. The van der Waals surface area contributed by atoms with E-state index in [1.54, 1.807) is 0 Å². The molecule has 1 aromatic heterocycles. The number of nitrogens with zero attached hydrogens (tertiary/aromatic N) is 1. The first-order valence-electron chi connectivity index (χ1n) is 7.87. The highest BCUT2D eigenvalue weighted by Crippen LogP contribution is 2.41. The van der Waals surface area contributed by atoms with E-state index in [0.717, 1.165) is 30.9 Å². The molecule has 21 heavy (non-hydrogen) atoms. The van der Waals surface area contributed by atoms with E-state index in [2.05, 4.69) is 41.2 Å². The highest BCUT2D eigenvalue weighted by Gasteiger charge is 2.31. The first-order chi connectivity index (χ1) is 10.3. The molecule has 1 N–H and O–H groups in total. The molecular formula is C18H21NO2. The minimum absolute atomic E-state index is 0.270. The SMILES string of the molecule is OC(c1ccn(CC2CCOc3ccccc32)c1)C1CC1. The van der Waals surface area contributed by atoms with E-state index >= 15 is 0 Å². The van der Waals surface area contributed by atoms with Gasteiger partial charge in [-0.25, -0.2) is 0 Å². The maximum absolute atomic E-state index is 10.2. The van der Waals surface area contributed by atoms with Crippen LogP contribution >= 0.6 is 0 Å². The molecule has 2 heterocycles. The summed E-state index contributed by atoms with van der Waals surface area (Å²) >= 11 is 0. The largest absolute Gasteiger partial charge is 0.493 e. The quantitative estimate of drug-likeness (QED) is 0.932. The number of hydrogen-bond acceptors (Lipinski definition) is 2. The smallest absolute Gasteiger partial charge is 0.122 e. The number of aromatic nitrogens is 1. The van der Waals surface area contributed by atoms with Crippen molar-refractivity contribution in [2.45, 2.75) is 37.8 Å². The summed E-state index contributed by atoms with van der Waals surface area (Å²) in [6, 6.07) is 10.4. The number of hydrogen-bond donors (Lipinski definition) is 1. The third-order valence-corrected chi connectivity index (χ3v) is 4.70. The van der Waals surface area contributed by atoms with E-state index in [0.29, 0.717) is 11.8 Å². The second-order valence-corrected chi connectivity index (χ2v) is 6.30. The van der Waals surface area contributed by atoms with Crippen molar-refractivity contribution in [1.82, 2.24) is 4.57 Å². The van der Waals surface area contributed by atoms with Gasteiger partial charge in [-0.2, -0.15) is 0 Å². The topological polar surface area (TPSA) is 34.4 Å². The molecule has 2 aliphatic rings. The Labute approximate surface area is 125 Å². The molecule has 2 aromatic rings. The van der Waals surface area contributed by atoms with Gasteiger partial charge in [0.2, 0.25) is 0 Å². The van der Waals surface area contributed by atoms with Crippen LogP contribution in [-0.4, -0.2) is 16.3 Å². The van der Waals surface area contributed by atoms with Crippen LogP contribution in [0.3, 0.4) is 0 Å². The molecule has 1 fully saturated rings. The van der Waals surface area contributed by atoms with E-state index in [-0.39, 0.29) is 6.10 Å². The predicted molar refractivity (Wildman–Crippen MR) is 81.4 cm³/mol. The molecule has 1 aliphatic carbocycles. The number of aliphatic hydroxyl groups excluding tert-OH is 1. The zero-order chi connectivity index (χ0) is 14.2. The molecule has 1 aromatic carbocycles. The molecule has 2 atom stereocenters. The van der Waals surface area contributed by atoms with E-state index < -0.39 is 0 Å². The van der Waals surface area contributed by atoms with Gasteiger partial charge in [-0.05, 0) is 48.4 Å². The third kappa shape index (κ3) is 2.58. The average molecular weight is 283 g/mol. The van der Waals surface area contributed by atoms with Gasteiger partial charge in [-0.15, -0.1) is 0 Å². The zero-order valence-electron chi connectivity index (χ0n) is 12.1. The Balaban J connectivity index is 1.51. The lowest BCUT2D eigenvalue weighted by Gasteiger charge is -2.26. The van der Waals surface area contributed by atoms with E-state index in [4.69, 9.17) is 4.74 Å². The highest BCUT2D eigenvalue weighted by molar-refractivity contribution is 5.37. The Kier molecular flexibility index (Phi) is 3.23. The summed E-state index contributed by atoms with van der Waals surface area (Å²) in [5, 5.41) is 10.2. The summed E-state index contributed by atoms with van der Waals surface area (Å²) in [4.78, 5) is 0. The molecule has 110 valence electrons. The highest BCUT2D eigenvalue weighted by atomic mass is 16.5. The minimum Gasteiger partial charge on any atom is -0.493 e. The van der Waals surface area contributed by atoms with Crippen LogP contribution < -0.4 is 4.74 Å². The molecule has 2 unspecified atom stereocenters. The van der Waals surface area contributed by atoms with E-state index in [1.165, 1.54) is 18.4 Å². The fourth-order valence-electron chi connectivity index (χ4n) is 3.29. The summed E-state index contributed by atoms with van der Waals surface area (Å²) in [5.41, 5.74) is 2.37. The summed E-state index contributed by atoms with van der Waals surface area (Å²) in [7, 11) is 0. The summed E-state index contributed by atoms with van der Waals surface area (Å²) in [6.45, 7) is 1.75. The maximum Gasteiger partial charge on any atom is 0.122 e. The van der Waals surface area contributed by atoms with Gasteiger partial charge in [0, 0.05) is 24.9 Å². The van der Waals surface area contributed by atoms with Crippen LogP contribution in [0.2, 0.25) is 0 Å². The van der Waals surface area contributed by atoms with Gasteiger partial charge in [0.05, 0.1) is 12.7 Å². The molecule has 3 nitrogen and oxygen atoms in total. The Bertz CT molecular complexity index is 630. The van der Waals surface area contributed by atoms with Crippen LogP contribution in [0.25, 0.3) is 0 Å². The lowest BCUT2D eigenvalue weighted by molar-refractivity contribution is 0.153. The summed E-state index contributed by atoms with van der Waals surface area (Å²) < 4.78 is 7.94. The Morgan fingerprint density at radius 3 is 2.90 bits per heavy atom. The van der Waals surface area contributed by atoms with Gasteiger partial charge in [-0.3, -0.25) is 0 Å². The molecule has 0 amide bonds. The fraction of sp³-hybridized carbons (Fsp3) is 0.444. The molecule has 4 rings (SSSR count). The molecule has 0 spiro atoms. The van der Waals surface area contributed by atoms with Crippen LogP contribution in [0, 0.1) is 5.92 Å². The lowest BCUT2D eigenvalue weighted by Crippen LogP contribution is -2.18. The molecule has 0 bridgehead atoms. The number of rotatable bonds is 4. The van der Waals surface area contributed by atoms with Crippen LogP contribution in [0.1, 0.15) is 42.4 Å². The van der Waals surface area contributed by atoms with Gasteiger partial charge < -0.3 is 14.4 Å². The minimum atomic E-state index is -0.270. The van der Waals surface area contributed by atoms with Gasteiger partial charge in [0.15, 0.2) is 0 Å². The Morgan fingerprint density at radius 2 is 2.05 bits per heavy atom. The number of ether oxygens (including phenoxy) is 1. The van der Waals surface area contributed by atoms with Crippen molar-refractivity contribution in [1.29, 1.82) is 0 Å². The van der Waals surface area contributed by atoms with Crippen LogP contribution in [0.5, 0.6) is 5.75 Å². The first-order valence-corrected chi connectivity index (χ1v) is 7.87. The van der Waals surface area contributed by atoms with E-state index in [9.17, 15) is 5.11 Å². The number of aliphatic hydroxyl groups is 1. The molecule has 0 radical (unpaired) electrons. The van der Waals surface area contributed by atoms with Crippen molar-refractivity contribution in [2.75, 3.05) is 6.61 Å². The lowest BCUT2D eigenvalue weighted by atomic mass is 9.93. The maximum atomic E-state index is 10.2. The van der Waals surface area contributed by atoms with Crippen molar-refractivity contribution in [3.05, 3.63) is 53.9 Å². The summed E-state index contributed by atoms with van der Waals surface area (Å²) in [6.07, 6.45) is 7.32. The van der Waals surface area contributed by atoms with Crippen LogP contribution in [-0.2, 0) is 6.54 Å². The molecule has 0 saturated heterocycles.